The molecule has 1 N–H and O–H groups in total. The van der Waals surface area contributed by atoms with E-state index in [0.717, 1.165) is 43.1 Å². The molecule has 0 aliphatic carbocycles. The Labute approximate surface area is 113 Å². The smallest absolute Gasteiger partial charge is 0.154 e. The Morgan fingerprint density at radius 1 is 1.37 bits per heavy atom. The minimum Gasteiger partial charge on any atom is -0.460 e. The molecule has 0 fully saturated rings. The summed E-state index contributed by atoms with van der Waals surface area (Å²) in [6, 6.07) is 4.05. The van der Waals surface area contributed by atoms with Crippen molar-refractivity contribution in [3.8, 4) is 11.5 Å². The number of fused-ring (bicyclic) bond motifs is 1. The number of hydrogen-bond acceptors (Lipinski definition) is 3. The van der Waals surface area contributed by atoms with Crippen LogP contribution in [-0.2, 0) is 19.4 Å². The van der Waals surface area contributed by atoms with Crippen LogP contribution in [0.15, 0.2) is 16.5 Å². The highest BCUT2D eigenvalue weighted by molar-refractivity contribution is 5.57. The topological polar surface area (TPSA) is 43.0 Å². The lowest BCUT2D eigenvalue weighted by Gasteiger charge is -2.17. The van der Waals surface area contributed by atoms with Gasteiger partial charge in [-0.3, -0.25) is 0 Å². The normalized spacial score (nSPS) is 14.6. The number of rotatable bonds is 4. The second-order valence-corrected chi connectivity index (χ2v) is 5.20. The van der Waals surface area contributed by atoms with Crippen LogP contribution in [0.4, 0.5) is 0 Å². The first-order chi connectivity index (χ1) is 9.29. The number of aromatic nitrogens is 2. The van der Waals surface area contributed by atoms with Gasteiger partial charge in [-0.15, -0.1) is 0 Å². The maximum Gasteiger partial charge on any atom is 0.154 e. The highest BCUT2D eigenvalue weighted by Gasteiger charge is 2.22. The van der Waals surface area contributed by atoms with Crippen LogP contribution in [0.25, 0.3) is 11.5 Å². The van der Waals surface area contributed by atoms with E-state index >= 15 is 0 Å². The molecular formula is C15H21N3O. The van der Waals surface area contributed by atoms with E-state index in [1.165, 1.54) is 24.4 Å². The van der Waals surface area contributed by atoms with Gasteiger partial charge in [0.05, 0.1) is 0 Å². The molecule has 1 aliphatic rings. The molecule has 102 valence electrons. The summed E-state index contributed by atoms with van der Waals surface area (Å²) in [5, 5.41) is 3.20. The molecule has 0 unspecified atom stereocenters. The van der Waals surface area contributed by atoms with Crippen LogP contribution >= 0.6 is 0 Å². The van der Waals surface area contributed by atoms with Crippen LogP contribution in [0.2, 0.25) is 0 Å². The SMILES string of the molecule is CNCCc1nc(-c2ccc(C)o2)c2n1CCCC2. The molecule has 0 bridgehead atoms. The molecule has 0 aromatic carbocycles. The molecule has 3 heterocycles. The third kappa shape index (κ3) is 2.32. The molecule has 0 atom stereocenters. The van der Waals surface area contributed by atoms with E-state index in [9.17, 15) is 0 Å². The van der Waals surface area contributed by atoms with E-state index < -0.39 is 0 Å². The average molecular weight is 259 g/mol. The Morgan fingerprint density at radius 2 is 2.26 bits per heavy atom. The predicted octanol–water partition coefficient (Wildman–Crippen LogP) is 2.55. The van der Waals surface area contributed by atoms with Crippen molar-refractivity contribution in [1.82, 2.24) is 14.9 Å². The molecule has 2 aromatic rings. The lowest BCUT2D eigenvalue weighted by Crippen LogP contribution is -2.17. The summed E-state index contributed by atoms with van der Waals surface area (Å²) >= 11 is 0. The largest absolute Gasteiger partial charge is 0.460 e. The van der Waals surface area contributed by atoms with Gasteiger partial charge >= 0.3 is 0 Å². The quantitative estimate of drug-likeness (QED) is 0.917. The summed E-state index contributed by atoms with van der Waals surface area (Å²) in [5.74, 6) is 3.05. The summed E-state index contributed by atoms with van der Waals surface area (Å²) < 4.78 is 8.16. The predicted molar refractivity (Wildman–Crippen MR) is 75.2 cm³/mol. The van der Waals surface area contributed by atoms with Crippen molar-refractivity contribution in [3.05, 3.63) is 29.4 Å². The summed E-state index contributed by atoms with van der Waals surface area (Å²) in [6.07, 6.45) is 4.60. The first-order valence-electron chi connectivity index (χ1n) is 7.09. The van der Waals surface area contributed by atoms with Gasteiger partial charge in [0, 0.05) is 25.2 Å². The Morgan fingerprint density at radius 3 is 3.00 bits per heavy atom. The van der Waals surface area contributed by atoms with E-state index in [-0.39, 0.29) is 0 Å². The molecule has 1 aliphatic heterocycles. The van der Waals surface area contributed by atoms with Crippen LogP contribution in [0.1, 0.15) is 30.1 Å². The highest BCUT2D eigenvalue weighted by Crippen LogP contribution is 2.30. The first-order valence-corrected chi connectivity index (χ1v) is 7.09. The van der Waals surface area contributed by atoms with Crippen molar-refractivity contribution >= 4 is 0 Å². The van der Waals surface area contributed by atoms with Crippen molar-refractivity contribution in [2.45, 2.75) is 39.2 Å². The second kappa shape index (κ2) is 5.21. The molecule has 0 saturated carbocycles. The molecule has 0 saturated heterocycles. The number of imidazole rings is 1. The zero-order valence-electron chi connectivity index (χ0n) is 11.7. The van der Waals surface area contributed by atoms with Crippen molar-refractivity contribution in [1.29, 1.82) is 0 Å². The Hall–Kier alpha value is -1.55. The standard InChI is InChI=1S/C15H21N3O/c1-11-6-7-13(19-11)15-12-5-3-4-10-18(12)14(17-15)8-9-16-2/h6-7,16H,3-5,8-10H2,1-2H3. The molecule has 0 spiro atoms. The van der Waals surface area contributed by atoms with E-state index in [1.54, 1.807) is 0 Å². The molecule has 4 heteroatoms. The van der Waals surface area contributed by atoms with Gasteiger partial charge in [0.2, 0.25) is 0 Å². The fourth-order valence-corrected chi connectivity index (χ4v) is 2.80. The van der Waals surface area contributed by atoms with Gasteiger partial charge in [-0.2, -0.15) is 0 Å². The third-order valence-corrected chi connectivity index (χ3v) is 3.77. The van der Waals surface area contributed by atoms with Gasteiger partial charge in [-0.25, -0.2) is 4.98 Å². The fourth-order valence-electron chi connectivity index (χ4n) is 2.80. The summed E-state index contributed by atoms with van der Waals surface area (Å²) in [6.45, 7) is 4.04. The van der Waals surface area contributed by atoms with Crippen LogP contribution < -0.4 is 5.32 Å². The summed E-state index contributed by atoms with van der Waals surface area (Å²) in [5.41, 5.74) is 2.41. The lowest BCUT2D eigenvalue weighted by molar-refractivity contribution is 0.509. The van der Waals surface area contributed by atoms with Crippen LogP contribution in [-0.4, -0.2) is 23.1 Å². The van der Waals surface area contributed by atoms with Gasteiger partial charge < -0.3 is 14.3 Å². The number of nitrogens with zero attached hydrogens (tertiary/aromatic N) is 2. The highest BCUT2D eigenvalue weighted by atomic mass is 16.3. The van der Waals surface area contributed by atoms with Gasteiger partial charge in [-0.05, 0) is 45.4 Å². The van der Waals surface area contributed by atoms with E-state index in [0.29, 0.717) is 0 Å². The van der Waals surface area contributed by atoms with Crippen molar-refractivity contribution in [3.63, 3.8) is 0 Å². The van der Waals surface area contributed by atoms with E-state index in [2.05, 4.69) is 9.88 Å². The number of hydrogen-bond donors (Lipinski definition) is 1. The molecule has 0 radical (unpaired) electrons. The Balaban J connectivity index is 2.01. The number of aryl methyl sites for hydroxylation is 1. The summed E-state index contributed by atoms with van der Waals surface area (Å²) in [4.78, 5) is 4.84. The molecule has 19 heavy (non-hydrogen) atoms. The molecule has 3 rings (SSSR count). The lowest BCUT2D eigenvalue weighted by atomic mass is 10.1. The van der Waals surface area contributed by atoms with Crippen LogP contribution in [0, 0.1) is 6.92 Å². The maximum absolute atomic E-state index is 5.76. The Bertz CT molecular complexity index is 568. The van der Waals surface area contributed by atoms with Crippen LogP contribution in [0.5, 0.6) is 0 Å². The minimum absolute atomic E-state index is 0.916. The average Bonchev–Trinajstić information content (AvgIpc) is 3.00. The van der Waals surface area contributed by atoms with Gasteiger partial charge in [0.15, 0.2) is 5.76 Å². The molecule has 0 amide bonds. The number of nitrogens with one attached hydrogen (secondary N) is 1. The monoisotopic (exact) mass is 259 g/mol. The first kappa shape index (κ1) is 12.5. The minimum atomic E-state index is 0.916. The van der Waals surface area contributed by atoms with Crippen molar-refractivity contribution in [2.75, 3.05) is 13.6 Å². The zero-order valence-corrected chi connectivity index (χ0v) is 11.7. The van der Waals surface area contributed by atoms with Gasteiger partial charge in [-0.1, -0.05) is 0 Å². The Kier molecular flexibility index (Phi) is 3.42. The number of likely N-dealkylation sites (N-methyl/N-ethyl adjacent to an activating group) is 1. The van der Waals surface area contributed by atoms with Crippen molar-refractivity contribution < 1.29 is 4.42 Å². The van der Waals surface area contributed by atoms with E-state index in [4.69, 9.17) is 9.40 Å². The van der Waals surface area contributed by atoms with Crippen LogP contribution in [0.3, 0.4) is 0 Å². The maximum atomic E-state index is 5.76. The third-order valence-electron chi connectivity index (χ3n) is 3.77. The number of furan rings is 1. The van der Waals surface area contributed by atoms with Crippen molar-refractivity contribution in [2.24, 2.45) is 0 Å². The molecule has 2 aromatic heterocycles. The fraction of sp³-hybridized carbons (Fsp3) is 0.533. The van der Waals surface area contributed by atoms with E-state index in [1.807, 2.05) is 26.1 Å². The zero-order chi connectivity index (χ0) is 13.2. The second-order valence-electron chi connectivity index (χ2n) is 5.20. The summed E-state index contributed by atoms with van der Waals surface area (Å²) in [7, 11) is 1.98. The van der Waals surface area contributed by atoms with Gasteiger partial charge in [0.25, 0.3) is 0 Å². The molecular weight excluding hydrogens is 238 g/mol. The van der Waals surface area contributed by atoms with Gasteiger partial charge in [0.1, 0.15) is 17.3 Å². The molecule has 4 nitrogen and oxygen atoms in total.